The van der Waals surface area contributed by atoms with Crippen LogP contribution in [0.2, 0.25) is 0 Å². The first-order valence-electron chi connectivity index (χ1n) is 7.47. The van der Waals surface area contributed by atoms with Crippen LogP contribution in [-0.4, -0.2) is 31.6 Å². The van der Waals surface area contributed by atoms with Crippen LogP contribution in [0.4, 0.5) is 29.3 Å². The number of primary amides is 1. The average molecular weight is 393 g/mol. The third-order valence-electron chi connectivity index (χ3n) is 3.69. The largest absolute Gasteiger partial charge is 0.416 e. The molecule has 0 atom stereocenters. The summed E-state index contributed by atoms with van der Waals surface area (Å²) in [5.41, 5.74) is 3.08. The van der Waals surface area contributed by atoms with Crippen molar-refractivity contribution in [2.24, 2.45) is 5.73 Å². The number of urea groups is 1. The predicted octanol–water partition coefficient (Wildman–Crippen LogP) is 2.95. The molecule has 0 fully saturated rings. The molecule has 0 bridgehead atoms. The Balaban J connectivity index is 2.38. The molecule has 4 N–H and O–H groups in total. The molecule has 2 amide bonds. The molecule has 0 aliphatic heterocycles. The number of hydrogen-bond acceptors (Lipinski definition) is 6. The summed E-state index contributed by atoms with van der Waals surface area (Å²) in [6.07, 6.45) is -4.67. The summed E-state index contributed by atoms with van der Waals surface area (Å²) < 4.78 is 39.4. The highest BCUT2D eigenvalue weighted by molar-refractivity contribution is 6.00. The van der Waals surface area contributed by atoms with E-state index in [4.69, 9.17) is 5.73 Å². The number of aromatic nitrogens is 4. The molecule has 13 heteroatoms. The number of rotatable bonds is 4. The second-order valence-electron chi connectivity index (χ2n) is 5.44. The van der Waals surface area contributed by atoms with Crippen molar-refractivity contribution >= 4 is 17.4 Å². The number of amides is 2. The van der Waals surface area contributed by atoms with Crippen molar-refractivity contribution < 1.29 is 22.9 Å². The zero-order chi connectivity index (χ0) is 20.5. The molecule has 0 aliphatic carbocycles. The molecule has 2 aromatic carbocycles. The number of nitrogens with one attached hydrogen (secondary N) is 2. The Morgan fingerprint density at radius 3 is 2.54 bits per heavy atom. The van der Waals surface area contributed by atoms with Crippen molar-refractivity contribution in [1.82, 2.24) is 20.6 Å². The maximum absolute atomic E-state index is 13.1. The van der Waals surface area contributed by atoms with Gasteiger partial charge in [0.1, 0.15) is 0 Å². The van der Waals surface area contributed by atoms with Crippen molar-refractivity contribution in [2.75, 3.05) is 5.32 Å². The van der Waals surface area contributed by atoms with Crippen molar-refractivity contribution in [2.45, 2.75) is 6.18 Å². The number of tetrazole rings is 1. The van der Waals surface area contributed by atoms with Crippen molar-refractivity contribution in [1.29, 1.82) is 0 Å². The van der Waals surface area contributed by atoms with Gasteiger partial charge in [0.2, 0.25) is 5.82 Å². The van der Waals surface area contributed by atoms with Crippen LogP contribution in [0.3, 0.4) is 0 Å². The Bertz CT molecular complexity index is 1050. The molecule has 0 saturated carbocycles. The number of H-pyrrole nitrogens is 1. The first kappa shape index (κ1) is 18.8. The molecule has 3 rings (SSSR count). The van der Waals surface area contributed by atoms with Gasteiger partial charge in [-0.25, -0.2) is 4.79 Å². The fourth-order valence-electron chi connectivity index (χ4n) is 2.62. The molecule has 1 heterocycles. The highest BCUT2D eigenvalue weighted by Gasteiger charge is 2.32. The molecule has 0 unspecified atom stereocenters. The molecule has 1 aromatic heterocycles. The number of nitrogens with two attached hydrogens (primary N) is 1. The second-order valence-corrected chi connectivity index (χ2v) is 5.44. The number of nitrogens with zero attached hydrogens (tertiary/aromatic N) is 4. The Morgan fingerprint density at radius 1 is 1.21 bits per heavy atom. The number of benzene rings is 2. The quantitative estimate of drug-likeness (QED) is 0.458. The topological polar surface area (TPSA) is 153 Å². The monoisotopic (exact) mass is 393 g/mol. The number of nitro groups is 1. The van der Waals surface area contributed by atoms with Crippen molar-refractivity contribution in [3.63, 3.8) is 0 Å². The average Bonchev–Trinajstić information content (AvgIpc) is 3.14. The zero-order valence-corrected chi connectivity index (χ0v) is 13.7. The SMILES string of the molecule is NC(=O)Nc1ccc([N+](=O)[O-])c(-c2cccc(C(F)(F)F)c2)c1-c1nn[nH]n1. The van der Waals surface area contributed by atoms with E-state index in [1.165, 1.54) is 12.1 Å². The van der Waals surface area contributed by atoms with Gasteiger partial charge in [-0.3, -0.25) is 10.1 Å². The minimum absolute atomic E-state index is 0.0353. The van der Waals surface area contributed by atoms with E-state index in [0.29, 0.717) is 0 Å². The third kappa shape index (κ3) is 3.58. The van der Waals surface area contributed by atoms with Gasteiger partial charge >= 0.3 is 12.2 Å². The van der Waals surface area contributed by atoms with E-state index in [1.807, 2.05) is 0 Å². The van der Waals surface area contributed by atoms with Gasteiger partial charge in [0.25, 0.3) is 5.69 Å². The molecule has 10 nitrogen and oxygen atoms in total. The standard InChI is InChI=1S/C15H10F3N7O3/c16-15(17,18)8-3-1-2-7(6-8)11-10(25(27)28)5-4-9(20-14(19)26)12(11)13-21-23-24-22-13/h1-6H,(H3,19,20,26)(H,21,22,23,24). The van der Waals surface area contributed by atoms with Gasteiger partial charge in [0.05, 0.1) is 27.3 Å². The molecule has 3 aromatic rings. The molecule has 0 radical (unpaired) electrons. The smallest absolute Gasteiger partial charge is 0.351 e. The van der Waals surface area contributed by atoms with E-state index in [0.717, 1.165) is 24.3 Å². The van der Waals surface area contributed by atoms with E-state index < -0.39 is 28.4 Å². The number of nitro benzene ring substituents is 1. The molecular weight excluding hydrogens is 383 g/mol. The summed E-state index contributed by atoms with van der Waals surface area (Å²) in [7, 11) is 0. The van der Waals surface area contributed by atoms with E-state index in [-0.39, 0.29) is 28.2 Å². The lowest BCUT2D eigenvalue weighted by atomic mass is 9.94. The fraction of sp³-hybridized carbons (Fsp3) is 0.0667. The summed E-state index contributed by atoms with van der Waals surface area (Å²) in [5.74, 6) is -0.181. The van der Waals surface area contributed by atoms with Crippen LogP contribution >= 0.6 is 0 Å². The molecule has 144 valence electrons. The van der Waals surface area contributed by atoms with E-state index in [9.17, 15) is 28.1 Å². The summed E-state index contributed by atoms with van der Waals surface area (Å²) in [4.78, 5) is 22.1. The lowest BCUT2D eigenvalue weighted by molar-refractivity contribution is -0.384. The first-order valence-corrected chi connectivity index (χ1v) is 7.47. The van der Waals surface area contributed by atoms with Gasteiger partial charge in [-0.15, -0.1) is 10.2 Å². The Labute approximate surface area is 153 Å². The van der Waals surface area contributed by atoms with Crippen molar-refractivity contribution in [3.05, 3.63) is 52.1 Å². The number of carbonyl (C=O) groups is 1. The van der Waals surface area contributed by atoms with Gasteiger partial charge in [-0.05, 0) is 29.0 Å². The molecule has 0 saturated heterocycles. The van der Waals surface area contributed by atoms with Crippen LogP contribution in [0.15, 0.2) is 36.4 Å². The summed E-state index contributed by atoms with van der Waals surface area (Å²) in [6.45, 7) is 0. The fourth-order valence-corrected chi connectivity index (χ4v) is 2.62. The van der Waals surface area contributed by atoms with Crippen LogP contribution in [0.5, 0.6) is 0 Å². The van der Waals surface area contributed by atoms with Gasteiger partial charge in [-0.1, -0.05) is 12.1 Å². The second kappa shape index (κ2) is 6.94. The van der Waals surface area contributed by atoms with Crippen LogP contribution < -0.4 is 11.1 Å². The lowest BCUT2D eigenvalue weighted by Gasteiger charge is -2.14. The number of halogens is 3. The Morgan fingerprint density at radius 2 is 1.96 bits per heavy atom. The lowest BCUT2D eigenvalue weighted by Crippen LogP contribution is -2.20. The first-order chi connectivity index (χ1) is 13.2. The molecular formula is C15H10F3N7O3. The summed E-state index contributed by atoms with van der Waals surface area (Å²) >= 11 is 0. The minimum Gasteiger partial charge on any atom is -0.351 e. The highest BCUT2D eigenvalue weighted by atomic mass is 19.4. The third-order valence-corrected chi connectivity index (χ3v) is 3.69. The summed E-state index contributed by atoms with van der Waals surface area (Å²) in [6, 6.07) is 5.16. The van der Waals surface area contributed by atoms with E-state index in [1.54, 1.807) is 0 Å². The van der Waals surface area contributed by atoms with Crippen LogP contribution in [-0.2, 0) is 6.18 Å². The Kier molecular flexibility index (Phi) is 4.65. The van der Waals surface area contributed by atoms with Gasteiger partial charge < -0.3 is 11.1 Å². The number of aromatic amines is 1. The normalized spacial score (nSPS) is 11.2. The maximum Gasteiger partial charge on any atom is 0.416 e. The highest BCUT2D eigenvalue weighted by Crippen LogP contribution is 2.43. The number of hydrogen-bond donors (Lipinski definition) is 3. The van der Waals surface area contributed by atoms with Crippen LogP contribution in [0.1, 0.15) is 5.56 Å². The van der Waals surface area contributed by atoms with Gasteiger partial charge in [-0.2, -0.15) is 18.4 Å². The predicted molar refractivity (Wildman–Crippen MR) is 89.9 cm³/mol. The number of alkyl halides is 3. The number of carbonyl (C=O) groups excluding carboxylic acids is 1. The van der Waals surface area contributed by atoms with Gasteiger partial charge in [0, 0.05) is 6.07 Å². The van der Waals surface area contributed by atoms with E-state index >= 15 is 0 Å². The van der Waals surface area contributed by atoms with Gasteiger partial charge in [0.15, 0.2) is 0 Å². The van der Waals surface area contributed by atoms with E-state index in [2.05, 4.69) is 25.9 Å². The molecule has 28 heavy (non-hydrogen) atoms. The van der Waals surface area contributed by atoms with Crippen LogP contribution in [0, 0.1) is 10.1 Å². The Hall–Kier alpha value is -4.03. The maximum atomic E-state index is 13.1. The zero-order valence-electron chi connectivity index (χ0n) is 13.7. The summed E-state index contributed by atoms with van der Waals surface area (Å²) in [5, 5.41) is 26.8. The molecule has 0 aliphatic rings. The molecule has 0 spiro atoms. The van der Waals surface area contributed by atoms with Crippen molar-refractivity contribution in [3.8, 4) is 22.5 Å². The van der Waals surface area contributed by atoms with Crippen LogP contribution in [0.25, 0.3) is 22.5 Å². The minimum atomic E-state index is -4.67. The number of anilines is 1.